The topological polar surface area (TPSA) is 80.8 Å². The number of hydrogen-bond donors (Lipinski definition) is 0. The Bertz CT molecular complexity index is 926. The molecule has 0 fully saturated rings. The first-order valence-corrected chi connectivity index (χ1v) is 9.12. The third-order valence-electron chi connectivity index (χ3n) is 3.04. The van der Waals surface area contributed by atoms with Gasteiger partial charge in [-0.1, -0.05) is 23.2 Å². The molecule has 0 spiro atoms. The lowest BCUT2D eigenvalue weighted by molar-refractivity contribution is -0.131. The minimum atomic E-state index is -4.16. The lowest BCUT2D eigenvalue weighted by atomic mass is 10.3. The Morgan fingerprint density at radius 2 is 1.60 bits per heavy atom. The predicted molar refractivity (Wildman–Crippen MR) is 94.6 cm³/mol. The smallest absolute Gasteiger partial charge is 0.308 e. The molecule has 0 saturated heterocycles. The summed E-state index contributed by atoms with van der Waals surface area (Å²) in [5.41, 5.74) is 0.0170. The van der Waals surface area contributed by atoms with Crippen molar-refractivity contribution in [3.05, 3.63) is 52.5 Å². The first kappa shape index (κ1) is 19.2. The summed E-state index contributed by atoms with van der Waals surface area (Å²) < 4.78 is 31.1. The lowest BCUT2D eigenvalue weighted by Gasteiger charge is -2.21. The molecule has 0 aromatic heterocycles. The number of benzene rings is 2. The monoisotopic (exact) mass is 401 g/mol. The zero-order valence-corrected chi connectivity index (χ0v) is 15.5. The molecule has 0 aliphatic heterocycles. The van der Waals surface area contributed by atoms with E-state index in [1.807, 2.05) is 0 Å². The van der Waals surface area contributed by atoms with Gasteiger partial charge < -0.3 is 4.74 Å². The molecular formula is C16H13Cl2NO5S. The van der Waals surface area contributed by atoms with Crippen LogP contribution in [0.1, 0.15) is 13.8 Å². The van der Waals surface area contributed by atoms with Gasteiger partial charge in [-0.05, 0) is 42.5 Å². The average molecular weight is 402 g/mol. The normalized spacial score (nSPS) is 11.0. The highest BCUT2D eigenvalue weighted by molar-refractivity contribution is 7.93. The van der Waals surface area contributed by atoms with E-state index in [4.69, 9.17) is 27.9 Å². The molecule has 9 heteroatoms. The Balaban J connectivity index is 2.51. The largest absolute Gasteiger partial charge is 0.425 e. The van der Waals surface area contributed by atoms with Crippen molar-refractivity contribution in [3.8, 4) is 5.75 Å². The molecule has 132 valence electrons. The van der Waals surface area contributed by atoms with Crippen LogP contribution in [0.3, 0.4) is 0 Å². The lowest BCUT2D eigenvalue weighted by Crippen LogP contribution is -2.35. The van der Waals surface area contributed by atoms with Gasteiger partial charge in [0.05, 0.1) is 15.6 Å². The van der Waals surface area contributed by atoms with Crippen molar-refractivity contribution in [1.29, 1.82) is 0 Å². The number of hydrogen-bond acceptors (Lipinski definition) is 5. The maximum absolute atomic E-state index is 12.8. The van der Waals surface area contributed by atoms with E-state index in [1.165, 1.54) is 49.4 Å². The van der Waals surface area contributed by atoms with Gasteiger partial charge in [0, 0.05) is 18.9 Å². The van der Waals surface area contributed by atoms with Crippen LogP contribution in [0.25, 0.3) is 0 Å². The fourth-order valence-corrected chi connectivity index (χ4v) is 3.82. The number of anilines is 1. The Kier molecular flexibility index (Phi) is 5.72. The molecule has 25 heavy (non-hydrogen) atoms. The predicted octanol–water partition coefficient (Wildman–Crippen LogP) is 3.66. The number of halogens is 2. The van der Waals surface area contributed by atoms with Crippen LogP contribution in [0.2, 0.25) is 10.0 Å². The number of esters is 1. The van der Waals surface area contributed by atoms with Crippen LogP contribution in [0.4, 0.5) is 5.69 Å². The van der Waals surface area contributed by atoms with Crippen LogP contribution in [0.5, 0.6) is 5.75 Å². The van der Waals surface area contributed by atoms with E-state index in [-0.39, 0.29) is 21.4 Å². The number of carbonyl (C=O) groups excluding carboxylic acids is 2. The second-order valence-corrected chi connectivity index (χ2v) is 7.58. The van der Waals surface area contributed by atoms with Gasteiger partial charge in [0.1, 0.15) is 5.75 Å². The van der Waals surface area contributed by atoms with Gasteiger partial charge in [-0.25, -0.2) is 12.7 Å². The van der Waals surface area contributed by atoms with E-state index in [9.17, 15) is 18.0 Å². The first-order valence-electron chi connectivity index (χ1n) is 6.92. The van der Waals surface area contributed by atoms with Gasteiger partial charge in [-0.2, -0.15) is 0 Å². The summed E-state index contributed by atoms with van der Waals surface area (Å²) in [6.45, 7) is 2.32. The van der Waals surface area contributed by atoms with E-state index in [0.717, 1.165) is 6.92 Å². The molecule has 0 bridgehead atoms. The van der Waals surface area contributed by atoms with Gasteiger partial charge in [-0.15, -0.1) is 0 Å². The molecule has 2 aromatic rings. The van der Waals surface area contributed by atoms with Crippen molar-refractivity contribution in [1.82, 2.24) is 0 Å². The van der Waals surface area contributed by atoms with Crippen LogP contribution >= 0.6 is 23.2 Å². The summed E-state index contributed by atoms with van der Waals surface area (Å²) in [7, 11) is -4.16. The standard InChI is InChI=1S/C16H13Cl2NO5S/c1-10(20)19(25(22,23)14-6-3-12(17)4-7-14)13-5-8-16(15(18)9-13)24-11(2)21/h3-9H,1-2H3. The molecule has 6 nitrogen and oxygen atoms in total. The molecule has 2 aromatic carbocycles. The van der Waals surface area contributed by atoms with Gasteiger partial charge in [0.25, 0.3) is 10.0 Å². The first-order chi connectivity index (χ1) is 11.6. The van der Waals surface area contributed by atoms with E-state index in [2.05, 4.69) is 0 Å². The molecule has 0 saturated carbocycles. The zero-order chi connectivity index (χ0) is 18.8. The van der Waals surface area contributed by atoms with Crippen LogP contribution < -0.4 is 9.04 Å². The molecule has 0 N–H and O–H groups in total. The van der Waals surface area contributed by atoms with E-state index in [1.54, 1.807) is 0 Å². The summed E-state index contributed by atoms with van der Waals surface area (Å²) in [6, 6.07) is 9.26. The molecule has 0 aliphatic carbocycles. The quantitative estimate of drug-likeness (QED) is 0.576. The van der Waals surface area contributed by atoms with Crippen molar-refractivity contribution in [2.75, 3.05) is 4.31 Å². The summed E-state index contributed by atoms with van der Waals surface area (Å²) in [4.78, 5) is 22.9. The number of sulfonamides is 1. The fourth-order valence-electron chi connectivity index (χ4n) is 2.06. The average Bonchev–Trinajstić information content (AvgIpc) is 2.49. The SMILES string of the molecule is CC(=O)Oc1ccc(N(C(C)=O)S(=O)(=O)c2ccc(Cl)cc2)cc1Cl. The van der Waals surface area contributed by atoms with Crippen LogP contribution in [-0.2, 0) is 19.6 Å². The molecule has 0 atom stereocenters. The highest BCUT2D eigenvalue weighted by Gasteiger charge is 2.29. The molecular weight excluding hydrogens is 389 g/mol. The van der Waals surface area contributed by atoms with E-state index < -0.39 is 21.9 Å². The maximum Gasteiger partial charge on any atom is 0.308 e. The van der Waals surface area contributed by atoms with Crippen LogP contribution in [0.15, 0.2) is 47.4 Å². The van der Waals surface area contributed by atoms with Crippen LogP contribution in [0, 0.1) is 0 Å². The minimum absolute atomic E-state index is 0.00902. The summed E-state index contributed by atoms with van der Waals surface area (Å²) in [6.07, 6.45) is 0. The third-order valence-corrected chi connectivity index (χ3v) is 5.41. The number of rotatable bonds is 4. The minimum Gasteiger partial charge on any atom is -0.425 e. The van der Waals surface area contributed by atoms with Gasteiger partial charge in [0.15, 0.2) is 0 Å². The summed E-state index contributed by atoms with van der Waals surface area (Å²) in [5, 5.41) is 0.354. The van der Waals surface area contributed by atoms with Crippen molar-refractivity contribution in [3.63, 3.8) is 0 Å². The molecule has 0 aliphatic rings. The van der Waals surface area contributed by atoms with Crippen LogP contribution in [-0.4, -0.2) is 20.3 Å². The Hall–Kier alpha value is -2.09. The van der Waals surface area contributed by atoms with Gasteiger partial charge in [0.2, 0.25) is 5.91 Å². The zero-order valence-electron chi connectivity index (χ0n) is 13.2. The highest BCUT2D eigenvalue weighted by atomic mass is 35.5. The van der Waals surface area contributed by atoms with Gasteiger partial charge >= 0.3 is 5.97 Å². The van der Waals surface area contributed by atoms with E-state index in [0.29, 0.717) is 9.33 Å². The number of amides is 1. The molecule has 0 heterocycles. The van der Waals surface area contributed by atoms with Crippen molar-refractivity contribution >= 4 is 50.8 Å². The Labute approximate surface area is 155 Å². The Morgan fingerprint density at radius 1 is 1.00 bits per heavy atom. The molecule has 0 radical (unpaired) electrons. The number of nitrogens with zero attached hydrogens (tertiary/aromatic N) is 1. The fraction of sp³-hybridized carbons (Fsp3) is 0.125. The molecule has 2 rings (SSSR count). The summed E-state index contributed by atoms with van der Waals surface area (Å²) >= 11 is 11.8. The third kappa shape index (κ3) is 4.31. The van der Waals surface area contributed by atoms with Crippen molar-refractivity contribution < 1.29 is 22.7 Å². The number of ether oxygens (including phenoxy) is 1. The highest BCUT2D eigenvalue weighted by Crippen LogP contribution is 2.32. The molecule has 1 amide bonds. The van der Waals surface area contributed by atoms with E-state index >= 15 is 0 Å². The maximum atomic E-state index is 12.8. The Morgan fingerprint density at radius 3 is 2.08 bits per heavy atom. The number of carbonyl (C=O) groups is 2. The second kappa shape index (κ2) is 7.43. The van der Waals surface area contributed by atoms with Crippen molar-refractivity contribution in [2.24, 2.45) is 0 Å². The summed E-state index contributed by atoms with van der Waals surface area (Å²) in [5.74, 6) is -1.25. The second-order valence-electron chi connectivity index (χ2n) is 4.95. The van der Waals surface area contributed by atoms with Gasteiger partial charge in [-0.3, -0.25) is 9.59 Å². The van der Waals surface area contributed by atoms with Crippen molar-refractivity contribution in [2.45, 2.75) is 18.7 Å². The molecule has 0 unspecified atom stereocenters.